The number of ether oxygens (including phenoxy) is 1. The molecule has 5 nitrogen and oxygen atoms in total. The van der Waals surface area contributed by atoms with Gasteiger partial charge in [-0.25, -0.2) is 4.79 Å². The molecule has 0 spiro atoms. The quantitative estimate of drug-likeness (QED) is 0.908. The molecule has 1 aliphatic rings. The minimum atomic E-state index is -0.942. The summed E-state index contributed by atoms with van der Waals surface area (Å²) in [5.41, 5.74) is 3.25. The van der Waals surface area contributed by atoms with Gasteiger partial charge in [0.05, 0.1) is 6.61 Å². The SMILES string of the molecule is COCc1ccccc1-c1ccccc1C(=O)N1CCC[C@H]1C(=O)O. The predicted octanol–water partition coefficient (Wildman–Crippen LogP) is 3.19. The summed E-state index contributed by atoms with van der Waals surface area (Å²) in [7, 11) is 1.63. The van der Waals surface area contributed by atoms with Crippen molar-refractivity contribution in [3.63, 3.8) is 0 Å². The van der Waals surface area contributed by atoms with Gasteiger partial charge in [0, 0.05) is 19.2 Å². The van der Waals surface area contributed by atoms with E-state index in [0.717, 1.165) is 16.7 Å². The molecule has 0 saturated carbocycles. The van der Waals surface area contributed by atoms with Crippen molar-refractivity contribution >= 4 is 11.9 Å². The van der Waals surface area contributed by atoms with Crippen molar-refractivity contribution in [1.29, 1.82) is 0 Å². The number of methoxy groups -OCH3 is 1. The van der Waals surface area contributed by atoms with Crippen LogP contribution in [-0.2, 0) is 16.1 Å². The summed E-state index contributed by atoms with van der Waals surface area (Å²) in [6.07, 6.45) is 1.22. The molecule has 2 aromatic carbocycles. The maximum atomic E-state index is 13.1. The molecule has 1 heterocycles. The molecule has 0 aromatic heterocycles. The van der Waals surface area contributed by atoms with Crippen LogP contribution < -0.4 is 0 Å². The van der Waals surface area contributed by atoms with E-state index in [1.165, 1.54) is 4.90 Å². The second-order valence-electron chi connectivity index (χ2n) is 6.13. The Kier molecular flexibility index (Phi) is 5.14. The highest BCUT2D eigenvalue weighted by atomic mass is 16.5. The molecular formula is C20H21NO4. The van der Waals surface area contributed by atoms with E-state index in [1.807, 2.05) is 42.5 Å². The first-order chi connectivity index (χ1) is 12.1. The normalized spacial score (nSPS) is 16.8. The summed E-state index contributed by atoms with van der Waals surface area (Å²) in [5.74, 6) is -1.17. The molecule has 2 aromatic rings. The van der Waals surface area contributed by atoms with Crippen molar-refractivity contribution in [1.82, 2.24) is 4.90 Å². The Bertz CT molecular complexity index is 787. The third-order valence-corrected chi connectivity index (χ3v) is 4.56. The van der Waals surface area contributed by atoms with E-state index in [9.17, 15) is 14.7 Å². The number of aliphatic carboxylic acids is 1. The molecule has 130 valence electrons. The van der Waals surface area contributed by atoms with Crippen LogP contribution in [0.25, 0.3) is 11.1 Å². The maximum absolute atomic E-state index is 13.1. The van der Waals surface area contributed by atoms with Gasteiger partial charge < -0.3 is 14.7 Å². The van der Waals surface area contributed by atoms with Crippen molar-refractivity contribution in [3.05, 3.63) is 59.7 Å². The van der Waals surface area contributed by atoms with Gasteiger partial charge in [-0.05, 0) is 35.6 Å². The Balaban J connectivity index is 2.02. The van der Waals surface area contributed by atoms with Crippen molar-refractivity contribution in [2.45, 2.75) is 25.5 Å². The Morgan fingerprint density at radius 1 is 1.12 bits per heavy atom. The summed E-state index contributed by atoms with van der Waals surface area (Å²) in [4.78, 5) is 26.0. The van der Waals surface area contributed by atoms with Crippen molar-refractivity contribution in [2.75, 3.05) is 13.7 Å². The Morgan fingerprint density at radius 2 is 1.80 bits per heavy atom. The lowest BCUT2D eigenvalue weighted by Crippen LogP contribution is -2.40. The third kappa shape index (κ3) is 3.42. The monoisotopic (exact) mass is 339 g/mol. The number of carbonyl (C=O) groups is 2. The maximum Gasteiger partial charge on any atom is 0.326 e. The summed E-state index contributed by atoms with van der Waals surface area (Å²) in [6, 6.07) is 14.4. The molecule has 0 unspecified atom stereocenters. The number of nitrogens with zero attached hydrogens (tertiary/aromatic N) is 1. The number of benzene rings is 2. The number of likely N-dealkylation sites (tertiary alicyclic amines) is 1. The van der Waals surface area contributed by atoms with Gasteiger partial charge in [-0.2, -0.15) is 0 Å². The van der Waals surface area contributed by atoms with Crippen molar-refractivity contribution < 1.29 is 19.4 Å². The molecule has 5 heteroatoms. The van der Waals surface area contributed by atoms with Crippen LogP contribution in [0.4, 0.5) is 0 Å². The average Bonchev–Trinajstić information content (AvgIpc) is 3.12. The van der Waals surface area contributed by atoms with Crippen LogP contribution in [-0.4, -0.2) is 41.6 Å². The molecule has 3 rings (SSSR count). The van der Waals surface area contributed by atoms with Crippen LogP contribution in [0, 0.1) is 0 Å². The molecule has 0 radical (unpaired) electrons. The zero-order valence-corrected chi connectivity index (χ0v) is 14.1. The van der Waals surface area contributed by atoms with Crippen LogP contribution in [0.5, 0.6) is 0 Å². The van der Waals surface area contributed by atoms with Crippen LogP contribution >= 0.6 is 0 Å². The number of carbonyl (C=O) groups excluding carboxylic acids is 1. The minimum Gasteiger partial charge on any atom is -0.480 e. The lowest BCUT2D eigenvalue weighted by molar-refractivity contribution is -0.141. The average molecular weight is 339 g/mol. The van der Waals surface area contributed by atoms with E-state index in [4.69, 9.17) is 4.74 Å². The summed E-state index contributed by atoms with van der Waals surface area (Å²) in [5, 5.41) is 9.37. The standard InChI is InChI=1S/C20H21NO4/c1-25-13-14-7-2-3-8-15(14)16-9-4-5-10-17(16)19(22)21-12-6-11-18(21)20(23)24/h2-5,7-10,18H,6,11-13H2,1H3,(H,23,24)/t18-/m0/s1. The largest absolute Gasteiger partial charge is 0.480 e. The van der Waals surface area contributed by atoms with E-state index in [2.05, 4.69) is 0 Å². The van der Waals surface area contributed by atoms with E-state index < -0.39 is 12.0 Å². The van der Waals surface area contributed by atoms with Gasteiger partial charge in [0.15, 0.2) is 0 Å². The van der Waals surface area contributed by atoms with Gasteiger partial charge in [-0.3, -0.25) is 4.79 Å². The van der Waals surface area contributed by atoms with Crippen LogP contribution in [0.2, 0.25) is 0 Å². The van der Waals surface area contributed by atoms with Crippen LogP contribution in [0.15, 0.2) is 48.5 Å². The Labute approximate surface area is 146 Å². The molecule has 1 fully saturated rings. The van der Waals surface area contributed by atoms with Gasteiger partial charge >= 0.3 is 5.97 Å². The molecule has 1 saturated heterocycles. The lowest BCUT2D eigenvalue weighted by atomic mass is 9.95. The first-order valence-electron chi connectivity index (χ1n) is 8.33. The fourth-order valence-electron chi connectivity index (χ4n) is 3.39. The number of amides is 1. The second-order valence-corrected chi connectivity index (χ2v) is 6.13. The second kappa shape index (κ2) is 7.49. The number of carboxylic acids is 1. The third-order valence-electron chi connectivity index (χ3n) is 4.56. The molecule has 0 bridgehead atoms. The van der Waals surface area contributed by atoms with E-state index in [1.54, 1.807) is 13.2 Å². The van der Waals surface area contributed by atoms with Crippen molar-refractivity contribution in [3.8, 4) is 11.1 Å². The van der Waals surface area contributed by atoms with Gasteiger partial charge in [-0.15, -0.1) is 0 Å². The zero-order chi connectivity index (χ0) is 17.8. The molecule has 25 heavy (non-hydrogen) atoms. The van der Waals surface area contributed by atoms with Gasteiger partial charge in [-0.1, -0.05) is 42.5 Å². The minimum absolute atomic E-state index is 0.229. The summed E-state index contributed by atoms with van der Waals surface area (Å²) >= 11 is 0. The number of carboxylic acid groups (broad SMARTS) is 1. The van der Waals surface area contributed by atoms with E-state index in [-0.39, 0.29) is 5.91 Å². The van der Waals surface area contributed by atoms with E-state index in [0.29, 0.717) is 31.6 Å². The molecule has 1 atom stereocenters. The van der Waals surface area contributed by atoms with Crippen LogP contribution in [0.3, 0.4) is 0 Å². The fraction of sp³-hybridized carbons (Fsp3) is 0.300. The molecular weight excluding hydrogens is 318 g/mol. The number of rotatable bonds is 5. The Hall–Kier alpha value is -2.66. The van der Waals surface area contributed by atoms with Crippen LogP contribution in [0.1, 0.15) is 28.8 Å². The Morgan fingerprint density at radius 3 is 2.52 bits per heavy atom. The highest BCUT2D eigenvalue weighted by molar-refractivity contribution is 6.02. The summed E-state index contributed by atoms with van der Waals surface area (Å²) < 4.78 is 5.27. The first-order valence-corrected chi connectivity index (χ1v) is 8.33. The van der Waals surface area contributed by atoms with Gasteiger partial charge in [0.25, 0.3) is 5.91 Å². The molecule has 1 amide bonds. The smallest absolute Gasteiger partial charge is 0.326 e. The molecule has 0 aliphatic carbocycles. The van der Waals surface area contributed by atoms with Gasteiger partial charge in [0.2, 0.25) is 0 Å². The molecule has 1 N–H and O–H groups in total. The lowest BCUT2D eigenvalue weighted by Gasteiger charge is -2.23. The fourth-order valence-corrected chi connectivity index (χ4v) is 3.39. The highest BCUT2D eigenvalue weighted by Gasteiger charge is 2.35. The molecule has 1 aliphatic heterocycles. The summed E-state index contributed by atoms with van der Waals surface area (Å²) in [6.45, 7) is 0.921. The zero-order valence-electron chi connectivity index (χ0n) is 14.1. The van der Waals surface area contributed by atoms with Gasteiger partial charge in [0.1, 0.15) is 6.04 Å². The highest BCUT2D eigenvalue weighted by Crippen LogP contribution is 2.30. The topological polar surface area (TPSA) is 66.8 Å². The predicted molar refractivity (Wildman–Crippen MR) is 94.3 cm³/mol. The van der Waals surface area contributed by atoms with E-state index >= 15 is 0 Å². The number of hydrogen-bond acceptors (Lipinski definition) is 3. The number of hydrogen-bond donors (Lipinski definition) is 1. The van der Waals surface area contributed by atoms with Crippen molar-refractivity contribution in [2.24, 2.45) is 0 Å². The first kappa shape index (κ1) is 17.2.